The average Bonchev–Trinajstić information content (AvgIpc) is 2.76. The number of fused-ring (bicyclic) bond motifs is 2. The highest BCUT2D eigenvalue weighted by Gasteiger charge is 2.13. The third-order valence-corrected chi connectivity index (χ3v) is 5.49. The highest BCUT2D eigenvalue weighted by Crippen LogP contribution is 2.25. The Kier molecular flexibility index (Phi) is 5.63. The van der Waals surface area contributed by atoms with E-state index in [1.54, 1.807) is 0 Å². The molecule has 0 bridgehead atoms. The van der Waals surface area contributed by atoms with E-state index in [0.717, 1.165) is 40.2 Å². The van der Waals surface area contributed by atoms with Crippen molar-refractivity contribution in [1.82, 2.24) is 4.57 Å². The fraction of sp³-hybridized carbons (Fsp3) is 0.240. The van der Waals surface area contributed by atoms with Gasteiger partial charge in [-0.2, -0.15) is 0 Å². The van der Waals surface area contributed by atoms with Gasteiger partial charge in [0.1, 0.15) is 12.0 Å². The minimum absolute atomic E-state index is 0.448. The maximum absolute atomic E-state index is 5.83. The van der Waals surface area contributed by atoms with Gasteiger partial charge in [-0.15, -0.1) is 0 Å². The predicted molar refractivity (Wildman–Crippen MR) is 119 cm³/mol. The van der Waals surface area contributed by atoms with Crippen LogP contribution < -0.4 is 11.1 Å². The van der Waals surface area contributed by atoms with Crippen LogP contribution in [-0.4, -0.2) is 11.1 Å². The first kappa shape index (κ1) is 19.2. The molecule has 4 nitrogen and oxygen atoms in total. The molecule has 0 aliphatic rings. The van der Waals surface area contributed by atoms with Crippen LogP contribution in [0, 0.1) is 13.8 Å². The number of rotatable bonds is 6. The summed E-state index contributed by atoms with van der Waals surface area (Å²) < 4.78 is 2.38. The summed E-state index contributed by atoms with van der Waals surface area (Å²) in [6, 6.07) is 22.9. The van der Waals surface area contributed by atoms with E-state index >= 15 is 0 Å². The number of para-hydroxylation sites is 1. The van der Waals surface area contributed by atoms with E-state index in [0.29, 0.717) is 13.2 Å². The van der Waals surface area contributed by atoms with Crippen LogP contribution in [0.15, 0.2) is 71.9 Å². The summed E-state index contributed by atoms with van der Waals surface area (Å²) in [5.74, 6) is 0. The molecule has 2 N–H and O–H groups in total. The van der Waals surface area contributed by atoms with Crippen molar-refractivity contribution in [2.45, 2.75) is 33.4 Å². The van der Waals surface area contributed by atoms with Crippen LogP contribution in [0.5, 0.6) is 0 Å². The van der Waals surface area contributed by atoms with Crippen LogP contribution in [0.25, 0.3) is 21.8 Å². The molecule has 0 unspecified atom stereocenters. The Morgan fingerprint density at radius 2 is 1.66 bits per heavy atom. The Labute approximate surface area is 171 Å². The second kappa shape index (κ2) is 8.50. The third-order valence-electron chi connectivity index (χ3n) is 5.49. The minimum Gasteiger partial charge on any atom is -0.390 e. The summed E-state index contributed by atoms with van der Waals surface area (Å²) in [5, 5.41) is 7.70. The van der Waals surface area contributed by atoms with Gasteiger partial charge >= 0.3 is 0 Å². The van der Waals surface area contributed by atoms with Crippen molar-refractivity contribution in [2.75, 3.05) is 6.54 Å². The fourth-order valence-electron chi connectivity index (χ4n) is 3.84. The lowest BCUT2D eigenvalue weighted by Crippen LogP contribution is -2.16. The maximum atomic E-state index is 5.83. The average molecular weight is 386 g/mol. The molecule has 29 heavy (non-hydrogen) atoms. The first-order chi connectivity index (χ1) is 14.2. The van der Waals surface area contributed by atoms with Crippen molar-refractivity contribution in [2.24, 2.45) is 10.9 Å². The molecule has 0 aliphatic carbocycles. The van der Waals surface area contributed by atoms with E-state index in [2.05, 4.69) is 60.0 Å². The number of aryl methyl sites for hydroxylation is 3. The van der Waals surface area contributed by atoms with Crippen LogP contribution in [0.2, 0.25) is 0 Å². The minimum atomic E-state index is 0.448. The summed E-state index contributed by atoms with van der Waals surface area (Å²) in [4.78, 5) is 5.81. The predicted octanol–water partition coefficient (Wildman–Crippen LogP) is 4.79. The zero-order valence-corrected chi connectivity index (χ0v) is 17.1. The Bertz CT molecular complexity index is 1210. The Morgan fingerprint density at radius 1 is 0.897 bits per heavy atom. The molecule has 0 fully saturated rings. The Morgan fingerprint density at radius 3 is 2.45 bits per heavy atom. The van der Waals surface area contributed by atoms with Gasteiger partial charge in [0, 0.05) is 17.3 Å². The first-order valence-corrected chi connectivity index (χ1v) is 10.1. The number of hydrogen-bond donors (Lipinski definition) is 1. The summed E-state index contributed by atoms with van der Waals surface area (Å²) in [6.45, 7) is 6.33. The summed E-state index contributed by atoms with van der Waals surface area (Å²) in [6.07, 6.45) is 0.929. The summed E-state index contributed by atoms with van der Waals surface area (Å²) in [5.41, 5.74) is 11.8. The molecule has 0 aliphatic heterocycles. The smallest absolute Gasteiger partial charge is 0.142 e. The van der Waals surface area contributed by atoms with Crippen molar-refractivity contribution in [3.63, 3.8) is 0 Å². The van der Waals surface area contributed by atoms with Crippen LogP contribution in [0.1, 0.15) is 23.1 Å². The molecule has 4 heteroatoms. The molecule has 0 spiro atoms. The number of pyridine rings is 1. The zero-order valence-electron chi connectivity index (χ0n) is 17.1. The van der Waals surface area contributed by atoms with E-state index in [1.807, 2.05) is 30.3 Å². The van der Waals surface area contributed by atoms with Crippen LogP contribution >= 0.6 is 0 Å². The van der Waals surface area contributed by atoms with Crippen molar-refractivity contribution in [3.05, 3.63) is 88.8 Å². The molecule has 148 valence electrons. The Balaban J connectivity index is 1.95. The molecule has 0 amide bonds. The van der Waals surface area contributed by atoms with Gasteiger partial charge in [0.2, 0.25) is 0 Å². The fourth-order valence-corrected chi connectivity index (χ4v) is 3.84. The summed E-state index contributed by atoms with van der Waals surface area (Å²) >= 11 is 0. The second-order valence-corrected chi connectivity index (χ2v) is 7.41. The van der Waals surface area contributed by atoms with E-state index in [1.165, 1.54) is 16.6 Å². The largest absolute Gasteiger partial charge is 0.390 e. The van der Waals surface area contributed by atoms with Crippen molar-refractivity contribution >= 4 is 21.8 Å². The number of aromatic nitrogens is 1. The standard InChI is InChI=1S/C25H27N3O/c1-18-13-14-22-24(27-29-17-20-9-4-3-5-10-20)21-11-6-7-12-23(21)28(16-8-15-26)25(22)19(18)2/h3-7,9-14H,8,15-17,26H2,1-2H3/b27-24+. The van der Waals surface area contributed by atoms with Crippen molar-refractivity contribution in [3.8, 4) is 0 Å². The lowest BCUT2D eigenvalue weighted by atomic mass is 10.0. The van der Waals surface area contributed by atoms with Crippen LogP contribution in [-0.2, 0) is 18.0 Å². The monoisotopic (exact) mass is 385 g/mol. The molecule has 1 heterocycles. The number of nitrogens with two attached hydrogens (primary N) is 1. The van der Waals surface area contributed by atoms with Gasteiger partial charge in [0.05, 0.1) is 11.0 Å². The van der Waals surface area contributed by atoms with Crippen LogP contribution in [0.3, 0.4) is 0 Å². The van der Waals surface area contributed by atoms with Gasteiger partial charge in [-0.25, -0.2) is 0 Å². The first-order valence-electron chi connectivity index (χ1n) is 10.1. The maximum Gasteiger partial charge on any atom is 0.142 e. The van der Waals surface area contributed by atoms with Gasteiger partial charge in [-0.05, 0) is 49.6 Å². The highest BCUT2D eigenvalue weighted by molar-refractivity contribution is 5.95. The summed E-state index contributed by atoms with van der Waals surface area (Å²) in [7, 11) is 0. The molecule has 0 saturated heterocycles. The normalized spacial score (nSPS) is 12.0. The number of hydrogen-bond acceptors (Lipinski definition) is 3. The Hall–Kier alpha value is -3.11. The molecule has 4 rings (SSSR count). The molecule has 0 saturated carbocycles. The molecule has 0 radical (unpaired) electrons. The van der Waals surface area contributed by atoms with Gasteiger partial charge in [-0.3, -0.25) is 0 Å². The number of nitrogens with zero attached hydrogens (tertiary/aromatic N) is 2. The molecular formula is C25H27N3O. The van der Waals surface area contributed by atoms with Crippen molar-refractivity contribution in [1.29, 1.82) is 0 Å². The third kappa shape index (κ3) is 3.76. The molecule has 4 aromatic rings. The van der Waals surface area contributed by atoms with Gasteiger partial charge < -0.3 is 15.1 Å². The molecular weight excluding hydrogens is 358 g/mol. The van der Waals surface area contributed by atoms with E-state index in [4.69, 9.17) is 10.6 Å². The molecule has 0 atom stereocenters. The number of benzene rings is 3. The lowest BCUT2D eigenvalue weighted by molar-refractivity contribution is 0.121. The lowest BCUT2D eigenvalue weighted by Gasteiger charge is -2.18. The van der Waals surface area contributed by atoms with Gasteiger partial charge in [0.15, 0.2) is 0 Å². The second-order valence-electron chi connectivity index (χ2n) is 7.41. The van der Waals surface area contributed by atoms with E-state index in [9.17, 15) is 0 Å². The topological polar surface area (TPSA) is 52.5 Å². The quantitative estimate of drug-likeness (QED) is 0.383. The van der Waals surface area contributed by atoms with E-state index < -0.39 is 0 Å². The highest BCUT2D eigenvalue weighted by atomic mass is 16.6. The van der Waals surface area contributed by atoms with Gasteiger partial charge in [0.25, 0.3) is 0 Å². The SMILES string of the molecule is Cc1ccc2/c(=N/OCc3ccccc3)c3ccccc3n(CCCN)c2c1C. The molecule has 1 aromatic heterocycles. The van der Waals surface area contributed by atoms with Gasteiger partial charge in [-0.1, -0.05) is 65.8 Å². The molecule has 3 aromatic carbocycles. The van der Waals surface area contributed by atoms with Crippen LogP contribution in [0.4, 0.5) is 0 Å². The zero-order chi connectivity index (χ0) is 20.2. The van der Waals surface area contributed by atoms with Crippen molar-refractivity contribution < 1.29 is 4.84 Å². The van der Waals surface area contributed by atoms with E-state index in [-0.39, 0.29) is 0 Å².